The van der Waals surface area contributed by atoms with Gasteiger partial charge < -0.3 is 10.6 Å². The molecule has 0 atom stereocenters. The third kappa shape index (κ3) is 5.23. The predicted molar refractivity (Wildman–Crippen MR) is 89.5 cm³/mol. The molecular weight excluding hydrogens is 284 g/mol. The molecule has 0 saturated heterocycles. The number of aryl methyl sites for hydroxylation is 1. The van der Waals surface area contributed by atoms with Crippen molar-refractivity contribution >= 4 is 29.1 Å². The number of halogens is 1. The summed E-state index contributed by atoms with van der Waals surface area (Å²) in [6.45, 7) is 5.10. The van der Waals surface area contributed by atoms with E-state index in [1.165, 1.54) is 12.8 Å². The zero-order valence-electron chi connectivity index (χ0n) is 12.5. The van der Waals surface area contributed by atoms with Crippen molar-refractivity contribution in [2.45, 2.75) is 33.1 Å². The van der Waals surface area contributed by atoms with Crippen LogP contribution in [0.15, 0.2) is 30.3 Å². The van der Waals surface area contributed by atoms with Gasteiger partial charge in [-0.25, -0.2) is 4.98 Å². The summed E-state index contributed by atoms with van der Waals surface area (Å²) >= 11 is 5.88. The van der Waals surface area contributed by atoms with Crippen LogP contribution in [0.2, 0.25) is 5.02 Å². The van der Waals surface area contributed by atoms with E-state index in [1.807, 2.05) is 37.3 Å². The standard InChI is InChI=1S/C16H21ClN4/c1-3-4-5-10-18-15-11-12(2)19-16(21-15)20-14-8-6-13(17)7-9-14/h6-9,11H,3-5,10H2,1-2H3,(H2,18,19,20,21). The van der Waals surface area contributed by atoms with Crippen molar-refractivity contribution < 1.29 is 0 Å². The summed E-state index contributed by atoms with van der Waals surface area (Å²) in [4.78, 5) is 8.88. The highest BCUT2D eigenvalue weighted by Crippen LogP contribution is 2.18. The molecule has 0 amide bonds. The van der Waals surface area contributed by atoms with Gasteiger partial charge in [-0.15, -0.1) is 0 Å². The summed E-state index contributed by atoms with van der Waals surface area (Å²) in [5.41, 5.74) is 1.85. The number of aromatic nitrogens is 2. The van der Waals surface area contributed by atoms with E-state index in [0.29, 0.717) is 11.0 Å². The van der Waals surface area contributed by atoms with Crippen molar-refractivity contribution in [1.29, 1.82) is 0 Å². The maximum atomic E-state index is 5.88. The SMILES string of the molecule is CCCCCNc1cc(C)nc(Nc2ccc(Cl)cc2)n1. The maximum absolute atomic E-state index is 5.88. The van der Waals surface area contributed by atoms with Crippen LogP contribution in [-0.4, -0.2) is 16.5 Å². The minimum absolute atomic E-state index is 0.593. The zero-order chi connectivity index (χ0) is 15.1. The number of unbranched alkanes of at least 4 members (excludes halogenated alkanes) is 2. The molecule has 0 radical (unpaired) electrons. The summed E-state index contributed by atoms with van der Waals surface area (Å²) in [6.07, 6.45) is 3.60. The molecule has 21 heavy (non-hydrogen) atoms. The number of benzene rings is 1. The fraction of sp³-hybridized carbons (Fsp3) is 0.375. The average Bonchev–Trinajstić information content (AvgIpc) is 2.46. The fourth-order valence-electron chi connectivity index (χ4n) is 1.97. The van der Waals surface area contributed by atoms with Gasteiger partial charge in [-0.1, -0.05) is 31.4 Å². The van der Waals surface area contributed by atoms with Crippen LogP contribution in [0, 0.1) is 6.92 Å². The first-order chi connectivity index (χ1) is 10.2. The molecule has 0 fully saturated rings. The molecule has 2 N–H and O–H groups in total. The number of hydrogen-bond acceptors (Lipinski definition) is 4. The second kappa shape index (κ2) is 7.84. The Kier molecular flexibility index (Phi) is 5.81. The van der Waals surface area contributed by atoms with Gasteiger partial charge in [0, 0.05) is 29.0 Å². The van der Waals surface area contributed by atoms with Gasteiger partial charge in [-0.05, 0) is 37.6 Å². The van der Waals surface area contributed by atoms with Gasteiger partial charge in [0.2, 0.25) is 5.95 Å². The van der Waals surface area contributed by atoms with Crippen LogP contribution in [0.25, 0.3) is 0 Å². The molecule has 0 aliphatic carbocycles. The molecule has 2 rings (SSSR count). The number of nitrogens with zero attached hydrogens (tertiary/aromatic N) is 2. The van der Waals surface area contributed by atoms with Crippen molar-refractivity contribution in [2.24, 2.45) is 0 Å². The Labute approximate surface area is 131 Å². The molecule has 0 unspecified atom stereocenters. The summed E-state index contributed by atoms with van der Waals surface area (Å²) < 4.78 is 0. The first-order valence-corrected chi connectivity index (χ1v) is 7.67. The molecule has 2 aromatic rings. The lowest BCUT2D eigenvalue weighted by Crippen LogP contribution is -2.06. The normalized spacial score (nSPS) is 10.4. The van der Waals surface area contributed by atoms with Crippen LogP contribution >= 0.6 is 11.6 Å². The molecule has 0 bridgehead atoms. The highest BCUT2D eigenvalue weighted by molar-refractivity contribution is 6.30. The van der Waals surface area contributed by atoms with E-state index >= 15 is 0 Å². The van der Waals surface area contributed by atoms with E-state index in [4.69, 9.17) is 11.6 Å². The fourth-order valence-corrected chi connectivity index (χ4v) is 2.09. The van der Waals surface area contributed by atoms with Crippen LogP contribution in [0.1, 0.15) is 31.9 Å². The number of hydrogen-bond donors (Lipinski definition) is 2. The Bertz CT molecular complexity index is 569. The Morgan fingerprint density at radius 2 is 1.86 bits per heavy atom. The Balaban J connectivity index is 2.02. The van der Waals surface area contributed by atoms with Gasteiger partial charge in [0.25, 0.3) is 0 Å². The molecule has 1 heterocycles. The second-order valence-corrected chi connectivity index (χ2v) is 5.42. The van der Waals surface area contributed by atoms with Crippen molar-refractivity contribution in [2.75, 3.05) is 17.2 Å². The minimum Gasteiger partial charge on any atom is -0.370 e. The third-order valence-corrected chi connectivity index (χ3v) is 3.29. The Morgan fingerprint density at radius 3 is 2.57 bits per heavy atom. The maximum Gasteiger partial charge on any atom is 0.229 e. The molecule has 4 nitrogen and oxygen atoms in total. The van der Waals surface area contributed by atoms with Gasteiger partial charge in [0.15, 0.2) is 0 Å². The monoisotopic (exact) mass is 304 g/mol. The van der Waals surface area contributed by atoms with Crippen molar-refractivity contribution in [3.63, 3.8) is 0 Å². The van der Waals surface area contributed by atoms with E-state index in [1.54, 1.807) is 0 Å². The smallest absolute Gasteiger partial charge is 0.229 e. The predicted octanol–water partition coefficient (Wildman–Crippen LogP) is 4.78. The lowest BCUT2D eigenvalue weighted by atomic mass is 10.2. The molecule has 0 saturated carbocycles. The minimum atomic E-state index is 0.593. The average molecular weight is 305 g/mol. The summed E-state index contributed by atoms with van der Waals surface area (Å²) in [5, 5.41) is 7.25. The summed E-state index contributed by atoms with van der Waals surface area (Å²) in [6, 6.07) is 9.44. The molecule has 0 aliphatic rings. The van der Waals surface area contributed by atoms with Crippen LogP contribution < -0.4 is 10.6 Å². The molecule has 0 aliphatic heterocycles. The van der Waals surface area contributed by atoms with E-state index in [2.05, 4.69) is 27.5 Å². The molecule has 5 heteroatoms. The van der Waals surface area contributed by atoms with Crippen molar-refractivity contribution in [3.8, 4) is 0 Å². The van der Waals surface area contributed by atoms with Gasteiger partial charge >= 0.3 is 0 Å². The zero-order valence-corrected chi connectivity index (χ0v) is 13.2. The van der Waals surface area contributed by atoms with E-state index in [-0.39, 0.29) is 0 Å². The van der Waals surface area contributed by atoms with Gasteiger partial charge in [-0.3, -0.25) is 0 Å². The van der Waals surface area contributed by atoms with E-state index in [9.17, 15) is 0 Å². The van der Waals surface area contributed by atoms with Crippen LogP contribution in [0.3, 0.4) is 0 Å². The molecule has 1 aromatic carbocycles. The van der Waals surface area contributed by atoms with Crippen LogP contribution in [0.4, 0.5) is 17.5 Å². The lowest BCUT2D eigenvalue weighted by molar-refractivity contribution is 0.742. The van der Waals surface area contributed by atoms with Crippen molar-refractivity contribution in [3.05, 3.63) is 41.0 Å². The first kappa shape index (κ1) is 15.6. The lowest BCUT2D eigenvalue weighted by Gasteiger charge is -2.10. The van der Waals surface area contributed by atoms with Crippen LogP contribution in [-0.2, 0) is 0 Å². The number of anilines is 3. The largest absolute Gasteiger partial charge is 0.370 e. The quantitative estimate of drug-likeness (QED) is 0.722. The summed E-state index contributed by atoms with van der Waals surface area (Å²) in [5.74, 6) is 1.45. The molecule has 1 aromatic heterocycles. The van der Waals surface area contributed by atoms with E-state index in [0.717, 1.165) is 30.2 Å². The van der Waals surface area contributed by atoms with E-state index < -0.39 is 0 Å². The molecule has 112 valence electrons. The Hall–Kier alpha value is -1.81. The first-order valence-electron chi connectivity index (χ1n) is 7.29. The summed E-state index contributed by atoms with van der Waals surface area (Å²) in [7, 11) is 0. The highest BCUT2D eigenvalue weighted by atomic mass is 35.5. The van der Waals surface area contributed by atoms with Crippen LogP contribution in [0.5, 0.6) is 0 Å². The highest BCUT2D eigenvalue weighted by Gasteiger charge is 2.03. The third-order valence-electron chi connectivity index (χ3n) is 3.04. The second-order valence-electron chi connectivity index (χ2n) is 4.98. The Morgan fingerprint density at radius 1 is 1.10 bits per heavy atom. The molecule has 0 spiro atoms. The van der Waals surface area contributed by atoms with Crippen molar-refractivity contribution in [1.82, 2.24) is 9.97 Å². The molecular formula is C16H21ClN4. The van der Waals surface area contributed by atoms with Gasteiger partial charge in [-0.2, -0.15) is 4.98 Å². The number of rotatable bonds is 7. The topological polar surface area (TPSA) is 49.8 Å². The van der Waals surface area contributed by atoms with Gasteiger partial charge in [0.05, 0.1) is 0 Å². The number of nitrogens with one attached hydrogen (secondary N) is 2. The van der Waals surface area contributed by atoms with Gasteiger partial charge in [0.1, 0.15) is 5.82 Å².